The number of carbonyl (C=O) groups is 2. The van der Waals surface area contributed by atoms with E-state index in [2.05, 4.69) is 17.8 Å². The molecule has 9 nitrogen and oxygen atoms in total. The average Bonchev–Trinajstić information content (AvgIpc) is 2.83. The van der Waals surface area contributed by atoms with Gasteiger partial charge in [-0.05, 0) is 48.9 Å². The molecule has 2 rings (SSSR count). The summed E-state index contributed by atoms with van der Waals surface area (Å²) >= 11 is 0. The lowest BCUT2D eigenvalue weighted by atomic mass is 10.2. The van der Waals surface area contributed by atoms with Gasteiger partial charge in [0, 0.05) is 24.2 Å². The smallest absolute Gasteiger partial charge is 0.269 e. The van der Waals surface area contributed by atoms with E-state index in [1.165, 1.54) is 41.7 Å². The van der Waals surface area contributed by atoms with Gasteiger partial charge in [0.05, 0.1) is 18.6 Å². The molecule has 0 radical (unpaired) electrons. The fourth-order valence-electron chi connectivity index (χ4n) is 3.00. The van der Waals surface area contributed by atoms with Gasteiger partial charge in [0.15, 0.2) is 11.5 Å². The number of methoxy groups -OCH3 is 1. The molecule has 2 N–H and O–H groups in total. The summed E-state index contributed by atoms with van der Waals surface area (Å²) in [6.45, 7) is 6.82. The summed E-state index contributed by atoms with van der Waals surface area (Å²) in [4.78, 5) is 24.9. The van der Waals surface area contributed by atoms with Gasteiger partial charge in [-0.3, -0.25) is 20.4 Å². The highest BCUT2D eigenvalue weighted by Crippen LogP contribution is 2.28. The van der Waals surface area contributed by atoms with Gasteiger partial charge in [-0.25, -0.2) is 8.42 Å². The number of hydrogen-bond donors (Lipinski definition) is 2. The minimum atomic E-state index is -3.61. The van der Waals surface area contributed by atoms with E-state index in [0.29, 0.717) is 31.2 Å². The van der Waals surface area contributed by atoms with Crippen molar-refractivity contribution in [2.75, 3.05) is 26.8 Å². The maximum atomic E-state index is 12.5. The van der Waals surface area contributed by atoms with E-state index in [1.54, 1.807) is 26.0 Å². The molecule has 10 heteroatoms. The van der Waals surface area contributed by atoms with E-state index < -0.39 is 21.8 Å². The van der Waals surface area contributed by atoms with E-state index in [9.17, 15) is 18.0 Å². The highest BCUT2D eigenvalue weighted by molar-refractivity contribution is 7.89. The Labute approximate surface area is 195 Å². The van der Waals surface area contributed by atoms with Gasteiger partial charge >= 0.3 is 0 Å². The molecule has 0 bridgehead atoms. The molecule has 2 aromatic carbocycles. The van der Waals surface area contributed by atoms with Crippen LogP contribution in [-0.4, -0.2) is 51.3 Å². The van der Waals surface area contributed by atoms with E-state index >= 15 is 0 Å². The van der Waals surface area contributed by atoms with E-state index in [1.807, 2.05) is 0 Å². The number of unbranched alkanes of at least 4 members (excludes halogenated alkanes) is 1. The number of amides is 2. The number of benzene rings is 2. The van der Waals surface area contributed by atoms with Crippen molar-refractivity contribution in [3.8, 4) is 11.5 Å². The Bertz CT molecular complexity index is 1050. The minimum Gasteiger partial charge on any atom is -0.493 e. The first-order valence-corrected chi connectivity index (χ1v) is 12.2. The predicted molar refractivity (Wildman–Crippen MR) is 125 cm³/mol. The molecule has 0 heterocycles. The molecule has 0 saturated carbocycles. The monoisotopic (exact) mass is 477 g/mol. The van der Waals surface area contributed by atoms with E-state index in [-0.39, 0.29) is 16.0 Å². The second kappa shape index (κ2) is 12.2. The molecule has 0 saturated heterocycles. The average molecular weight is 478 g/mol. The molecular weight excluding hydrogens is 446 g/mol. The molecule has 0 spiro atoms. The van der Waals surface area contributed by atoms with E-state index in [4.69, 9.17) is 9.47 Å². The molecule has 0 aliphatic rings. The lowest BCUT2D eigenvalue weighted by Gasteiger charge is -2.18. The third-order valence-electron chi connectivity index (χ3n) is 4.93. The Hall–Kier alpha value is -3.11. The van der Waals surface area contributed by atoms with Crippen LogP contribution in [-0.2, 0) is 10.0 Å². The topological polar surface area (TPSA) is 114 Å². The Morgan fingerprint density at radius 3 is 2.00 bits per heavy atom. The zero-order valence-corrected chi connectivity index (χ0v) is 20.2. The number of nitrogens with zero attached hydrogens (tertiary/aromatic N) is 1. The third kappa shape index (κ3) is 6.69. The van der Waals surface area contributed by atoms with Gasteiger partial charge in [-0.1, -0.05) is 27.2 Å². The lowest BCUT2D eigenvalue weighted by Crippen LogP contribution is -2.41. The molecule has 180 valence electrons. The fourth-order valence-corrected chi connectivity index (χ4v) is 4.46. The second-order valence-corrected chi connectivity index (χ2v) is 9.03. The second-order valence-electron chi connectivity index (χ2n) is 7.09. The maximum absolute atomic E-state index is 12.5. The van der Waals surface area contributed by atoms with Crippen molar-refractivity contribution < 1.29 is 27.5 Å². The SMILES string of the molecule is CCCCOc1ccc(C(=O)NNC(=O)c2ccc(S(=O)(=O)N(CC)CC)cc2)cc1OC. The van der Waals surface area contributed by atoms with Crippen molar-refractivity contribution in [2.45, 2.75) is 38.5 Å². The quantitative estimate of drug-likeness (QED) is 0.380. The van der Waals surface area contributed by atoms with E-state index in [0.717, 1.165) is 12.8 Å². The first kappa shape index (κ1) is 26.1. The van der Waals surface area contributed by atoms with Crippen LogP contribution in [0.25, 0.3) is 0 Å². The molecule has 0 fully saturated rings. The summed E-state index contributed by atoms with van der Waals surface area (Å²) in [5, 5.41) is 0. The first-order chi connectivity index (χ1) is 15.8. The summed E-state index contributed by atoms with van der Waals surface area (Å²) in [7, 11) is -2.13. The Kier molecular flexibility index (Phi) is 9.68. The zero-order valence-electron chi connectivity index (χ0n) is 19.4. The molecule has 0 aliphatic carbocycles. The van der Waals surface area contributed by atoms with Gasteiger partial charge in [0.1, 0.15) is 0 Å². The zero-order chi connectivity index (χ0) is 24.4. The largest absolute Gasteiger partial charge is 0.493 e. The van der Waals surface area contributed by atoms with Crippen LogP contribution in [0.5, 0.6) is 11.5 Å². The van der Waals surface area contributed by atoms with Crippen LogP contribution in [0.1, 0.15) is 54.3 Å². The number of sulfonamides is 1. The van der Waals surface area contributed by atoms with Gasteiger partial charge in [0.2, 0.25) is 10.0 Å². The molecular formula is C23H31N3O6S. The molecule has 0 unspecified atom stereocenters. The summed E-state index contributed by atoms with van der Waals surface area (Å²) in [6.07, 6.45) is 1.90. The number of nitrogens with one attached hydrogen (secondary N) is 2. The normalized spacial score (nSPS) is 11.2. The third-order valence-corrected chi connectivity index (χ3v) is 6.99. The van der Waals surface area contributed by atoms with Crippen molar-refractivity contribution in [2.24, 2.45) is 0 Å². The number of hydrogen-bond acceptors (Lipinski definition) is 6. The molecule has 0 aromatic heterocycles. The van der Waals surface area contributed by atoms with Crippen molar-refractivity contribution in [1.29, 1.82) is 0 Å². The van der Waals surface area contributed by atoms with Crippen LogP contribution in [0.15, 0.2) is 47.4 Å². The van der Waals surface area contributed by atoms with Crippen molar-refractivity contribution in [3.05, 3.63) is 53.6 Å². The Morgan fingerprint density at radius 2 is 1.45 bits per heavy atom. The first-order valence-electron chi connectivity index (χ1n) is 10.8. The highest BCUT2D eigenvalue weighted by atomic mass is 32.2. The van der Waals surface area contributed by atoms with Crippen LogP contribution in [0.3, 0.4) is 0 Å². The van der Waals surface area contributed by atoms with Gasteiger partial charge in [0.25, 0.3) is 11.8 Å². The van der Waals surface area contributed by atoms with Crippen LogP contribution < -0.4 is 20.3 Å². The lowest BCUT2D eigenvalue weighted by molar-refractivity contribution is 0.0846. The number of rotatable bonds is 11. The van der Waals surface area contributed by atoms with Crippen molar-refractivity contribution >= 4 is 21.8 Å². The number of carbonyl (C=O) groups excluding carboxylic acids is 2. The summed E-state index contributed by atoms with van der Waals surface area (Å²) < 4.78 is 37.4. The summed E-state index contributed by atoms with van der Waals surface area (Å²) in [5.41, 5.74) is 5.14. The molecule has 2 amide bonds. The summed E-state index contributed by atoms with van der Waals surface area (Å²) in [5.74, 6) is -0.175. The van der Waals surface area contributed by atoms with Crippen LogP contribution in [0.2, 0.25) is 0 Å². The van der Waals surface area contributed by atoms with Crippen molar-refractivity contribution in [1.82, 2.24) is 15.2 Å². The summed E-state index contributed by atoms with van der Waals surface area (Å²) in [6, 6.07) is 10.2. The number of hydrazine groups is 1. The van der Waals surface area contributed by atoms with Gasteiger partial charge in [-0.2, -0.15) is 4.31 Å². The fraction of sp³-hybridized carbons (Fsp3) is 0.391. The Morgan fingerprint density at radius 1 is 0.879 bits per heavy atom. The minimum absolute atomic E-state index is 0.0973. The highest BCUT2D eigenvalue weighted by Gasteiger charge is 2.21. The van der Waals surface area contributed by atoms with Crippen LogP contribution in [0, 0.1) is 0 Å². The Balaban J connectivity index is 2.02. The number of ether oxygens (including phenoxy) is 2. The molecule has 33 heavy (non-hydrogen) atoms. The standard InChI is InChI=1S/C23H31N3O6S/c1-5-8-15-32-20-14-11-18(16-21(20)31-4)23(28)25-24-22(27)17-9-12-19(13-10-17)33(29,30)26(6-2)7-3/h9-14,16H,5-8,15H2,1-4H3,(H,24,27)(H,25,28). The predicted octanol–water partition coefficient (Wildman–Crippen LogP) is 2.98. The van der Waals surface area contributed by atoms with Crippen molar-refractivity contribution in [3.63, 3.8) is 0 Å². The van der Waals surface area contributed by atoms with Crippen LogP contribution in [0.4, 0.5) is 0 Å². The van der Waals surface area contributed by atoms with Crippen LogP contribution >= 0.6 is 0 Å². The molecule has 0 atom stereocenters. The molecule has 2 aromatic rings. The van der Waals surface area contributed by atoms with Gasteiger partial charge < -0.3 is 9.47 Å². The molecule has 0 aliphatic heterocycles. The van der Waals surface area contributed by atoms with Gasteiger partial charge in [-0.15, -0.1) is 0 Å². The maximum Gasteiger partial charge on any atom is 0.269 e.